The van der Waals surface area contributed by atoms with Gasteiger partial charge in [0.25, 0.3) is 0 Å². The van der Waals surface area contributed by atoms with E-state index in [1.165, 1.54) is 5.56 Å². The van der Waals surface area contributed by atoms with Crippen molar-refractivity contribution in [1.82, 2.24) is 0 Å². The number of benzene rings is 1. The Morgan fingerprint density at radius 2 is 1.73 bits per heavy atom. The Morgan fingerprint density at radius 1 is 1.18 bits per heavy atom. The van der Waals surface area contributed by atoms with E-state index in [-0.39, 0.29) is 0 Å². The Morgan fingerprint density at radius 3 is 2.18 bits per heavy atom. The van der Waals surface area contributed by atoms with E-state index >= 15 is 0 Å². The highest BCUT2D eigenvalue weighted by molar-refractivity contribution is 5.41. The maximum atomic E-state index is 5.54. The number of nitrogen functional groups attached to an aromatic ring is 1. The van der Waals surface area contributed by atoms with E-state index < -0.39 is 0 Å². The van der Waals surface area contributed by atoms with E-state index in [2.05, 4.69) is 20.3 Å². The van der Waals surface area contributed by atoms with Crippen molar-refractivity contribution < 1.29 is 0 Å². The maximum Gasteiger partial charge on any atom is 0.0314 e. The van der Waals surface area contributed by atoms with Crippen molar-refractivity contribution in [3.63, 3.8) is 0 Å². The Bertz CT molecular complexity index is 211. The van der Waals surface area contributed by atoms with Crippen LogP contribution in [-0.2, 0) is 0 Å². The Labute approximate surface area is 68.2 Å². The molecule has 0 aliphatic carbocycles. The summed E-state index contributed by atoms with van der Waals surface area (Å²) in [5, 5.41) is 0. The average molecular weight is 148 g/mol. The lowest BCUT2D eigenvalue weighted by molar-refractivity contribution is 0.776. The monoisotopic (exact) mass is 148 g/mol. The summed E-state index contributed by atoms with van der Waals surface area (Å²) in [5.41, 5.74) is 7.61. The molecule has 0 amide bonds. The van der Waals surface area contributed by atoms with Gasteiger partial charge < -0.3 is 5.73 Å². The van der Waals surface area contributed by atoms with Gasteiger partial charge in [-0.15, -0.1) is 0 Å². The molecule has 0 aliphatic rings. The molecular formula is C10H14N. The standard InChI is InChI=1S/C10H14N/c1-8(2)7-9-3-5-10(11)6-4-9/h3-8H,11H2,1-2H3. The van der Waals surface area contributed by atoms with Gasteiger partial charge in [0, 0.05) is 5.69 Å². The summed E-state index contributed by atoms with van der Waals surface area (Å²) in [5.74, 6) is 0.596. The first kappa shape index (κ1) is 8.12. The van der Waals surface area contributed by atoms with Crippen LogP contribution in [0.25, 0.3) is 0 Å². The van der Waals surface area contributed by atoms with Crippen LogP contribution < -0.4 is 5.73 Å². The molecule has 0 atom stereocenters. The molecule has 1 radical (unpaired) electrons. The first-order valence-electron chi connectivity index (χ1n) is 3.89. The first-order chi connectivity index (χ1) is 5.18. The topological polar surface area (TPSA) is 26.0 Å². The van der Waals surface area contributed by atoms with Crippen molar-refractivity contribution in [2.45, 2.75) is 13.8 Å². The van der Waals surface area contributed by atoms with Crippen molar-refractivity contribution in [2.24, 2.45) is 5.92 Å². The molecule has 1 nitrogen and oxygen atoms in total. The lowest BCUT2D eigenvalue weighted by atomic mass is 10.0. The molecule has 0 spiro atoms. The SMILES string of the molecule is CC(C)[CH]c1ccc(N)cc1. The fourth-order valence-corrected chi connectivity index (χ4v) is 0.992. The molecule has 0 unspecified atom stereocenters. The highest BCUT2D eigenvalue weighted by Crippen LogP contribution is 2.11. The minimum absolute atomic E-state index is 0.596. The van der Waals surface area contributed by atoms with Gasteiger partial charge in [-0.1, -0.05) is 26.0 Å². The zero-order valence-electron chi connectivity index (χ0n) is 7.04. The zero-order chi connectivity index (χ0) is 8.27. The fourth-order valence-electron chi connectivity index (χ4n) is 0.992. The molecule has 59 valence electrons. The highest BCUT2D eigenvalue weighted by atomic mass is 14.5. The van der Waals surface area contributed by atoms with E-state index in [0.717, 1.165) is 5.69 Å². The predicted molar refractivity (Wildman–Crippen MR) is 49.1 cm³/mol. The van der Waals surface area contributed by atoms with Gasteiger partial charge in [-0.2, -0.15) is 0 Å². The van der Waals surface area contributed by atoms with Crippen LogP contribution in [0.5, 0.6) is 0 Å². The number of rotatable bonds is 2. The molecule has 1 aromatic carbocycles. The molecule has 0 saturated carbocycles. The zero-order valence-corrected chi connectivity index (χ0v) is 7.04. The molecule has 1 rings (SSSR count). The molecule has 0 aromatic heterocycles. The summed E-state index contributed by atoms with van der Waals surface area (Å²) in [4.78, 5) is 0. The molecule has 0 heterocycles. The van der Waals surface area contributed by atoms with E-state index in [9.17, 15) is 0 Å². The fraction of sp³-hybridized carbons (Fsp3) is 0.300. The van der Waals surface area contributed by atoms with Crippen molar-refractivity contribution in [3.8, 4) is 0 Å². The van der Waals surface area contributed by atoms with Crippen LogP contribution in [0.15, 0.2) is 24.3 Å². The third kappa shape index (κ3) is 2.62. The summed E-state index contributed by atoms with van der Waals surface area (Å²) < 4.78 is 0. The average Bonchev–Trinajstić information content (AvgIpc) is 1.93. The summed E-state index contributed by atoms with van der Waals surface area (Å²) >= 11 is 0. The van der Waals surface area contributed by atoms with Crippen molar-refractivity contribution in [1.29, 1.82) is 0 Å². The van der Waals surface area contributed by atoms with Crippen LogP contribution in [0.3, 0.4) is 0 Å². The molecule has 0 saturated heterocycles. The number of hydrogen-bond donors (Lipinski definition) is 1. The van der Waals surface area contributed by atoms with Gasteiger partial charge in [0.1, 0.15) is 0 Å². The minimum Gasteiger partial charge on any atom is -0.399 e. The Balaban J connectivity index is 2.66. The number of hydrogen-bond acceptors (Lipinski definition) is 1. The van der Waals surface area contributed by atoms with Gasteiger partial charge in [0.15, 0.2) is 0 Å². The summed E-state index contributed by atoms with van der Waals surface area (Å²) in [6.07, 6.45) is 2.21. The summed E-state index contributed by atoms with van der Waals surface area (Å²) in [6.45, 7) is 4.33. The van der Waals surface area contributed by atoms with E-state index in [1.54, 1.807) is 0 Å². The summed E-state index contributed by atoms with van der Waals surface area (Å²) in [7, 11) is 0. The third-order valence-electron chi connectivity index (χ3n) is 1.46. The molecular weight excluding hydrogens is 134 g/mol. The van der Waals surface area contributed by atoms with Crippen molar-refractivity contribution in [2.75, 3.05) is 5.73 Å². The Kier molecular flexibility index (Phi) is 2.53. The van der Waals surface area contributed by atoms with Gasteiger partial charge in [0.2, 0.25) is 0 Å². The number of nitrogens with two attached hydrogens (primary N) is 1. The van der Waals surface area contributed by atoms with Gasteiger partial charge in [-0.3, -0.25) is 0 Å². The second-order valence-electron chi connectivity index (χ2n) is 3.08. The van der Waals surface area contributed by atoms with Crippen LogP contribution in [0.1, 0.15) is 19.4 Å². The van der Waals surface area contributed by atoms with E-state index in [4.69, 9.17) is 5.73 Å². The minimum atomic E-state index is 0.596. The van der Waals surface area contributed by atoms with E-state index in [0.29, 0.717) is 5.92 Å². The third-order valence-corrected chi connectivity index (χ3v) is 1.46. The number of anilines is 1. The first-order valence-corrected chi connectivity index (χ1v) is 3.89. The second-order valence-corrected chi connectivity index (χ2v) is 3.08. The van der Waals surface area contributed by atoms with Crippen molar-refractivity contribution >= 4 is 5.69 Å². The smallest absolute Gasteiger partial charge is 0.0314 e. The molecule has 2 N–H and O–H groups in total. The largest absolute Gasteiger partial charge is 0.399 e. The molecule has 1 aromatic rings. The van der Waals surface area contributed by atoms with Crippen molar-refractivity contribution in [3.05, 3.63) is 36.2 Å². The molecule has 0 aliphatic heterocycles. The molecule has 0 bridgehead atoms. The highest BCUT2D eigenvalue weighted by Gasteiger charge is 1.96. The van der Waals surface area contributed by atoms with E-state index in [1.807, 2.05) is 24.3 Å². The lowest BCUT2D eigenvalue weighted by Crippen LogP contribution is -1.91. The van der Waals surface area contributed by atoms with Crippen LogP contribution in [-0.4, -0.2) is 0 Å². The van der Waals surface area contributed by atoms with Crippen LogP contribution in [0, 0.1) is 12.3 Å². The molecule has 1 heteroatoms. The summed E-state index contributed by atoms with van der Waals surface area (Å²) in [6, 6.07) is 7.92. The predicted octanol–water partition coefficient (Wildman–Crippen LogP) is 2.48. The van der Waals surface area contributed by atoms with Crippen LogP contribution >= 0.6 is 0 Å². The second kappa shape index (κ2) is 3.42. The van der Waals surface area contributed by atoms with Crippen LogP contribution in [0.4, 0.5) is 5.69 Å². The van der Waals surface area contributed by atoms with Gasteiger partial charge in [-0.05, 0) is 30.0 Å². The quantitative estimate of drug-likeness (QED) is 0.640. The van der Waals surface area contributed by atoms with Gasteiger partial charge in [0.05, 0.1) is 0 Å². The van der Waals surface area contributed by atoms with Crippen LogP contribution in [0.2, 0.25) is 0 Å². The molecule has 0 fully saturated rings. The Hall–Kier alpha value is -0.980. The molecule has 11 heavy (non-hydrogen) atoms. The normalized spacial score (nSPS) is 10.5. The maximum absolute atomic E-state index is 5.54. The van der Waals surface area contributed by atoms with Gasteiger partial charge in [-0.25, -0.2) is 0 Å². The van der Waals surface area contributed by atoms with Gasteiger partial charge >= 0.3 is 0 Å². The lowest BCUT2D eigenvalue weighted by Gasteiger charge is -2.03.